The Balaban J connectivity index is 1.27. The van der Waals surface area contributed by atoms with E-state index in [1.807, 2.05) is 6.07 Å². The largest absolute Gasteiger partial charge is 0.504 e. The summed E-state index contributed by atoms with van der Waals surface area (Å²) in [7, 11) is 0. The predicted molar refractivity (Wildman–Crippen MR) is 139 cm³/mol. The molecule has 40 heavy (non-hydrogen) atoms. The fraction of sp³-hybridized carbons (Fsp3) is 0.607. The van der Waals surface area contributed by atoms with Crippen LogP contribution in [-0.2, 0) is 30.9 Å². The van der Waals surface area contributed by atoms with Crippen molar-refractivity contribution < 1.29 is 43.9 Å². The number of nitrogens with one attached hydrogen (secondary N) is 1. The van der Waals surface area contributed by atoms with Gasteiger partial charge in [-0.05, 0) is 69.7 Å². The molecule has 0 radical (unpaired) electrons. The van der Waals surface area contributed by atoms with E-state index in [9.17, 15) is 24.6 Å². The number of alkyl carbamates (subject to hydrolysis) is 1. The summed E-state index contributed by atoms with van der Waals surface area (Å²) >= 11 is 0. The molecule has 2 bridgehead atoms. The fourth-order valence-corrected chi connectivity index (χ4v) is 6.98. The SMILES string of the molecule is CC(C)(NC(=O)OCC(N)C(=O)O)C(=O)OC1=CC[C@@]2(O)[C@H]3Cc4ccc(O)c5c4[C@@]2(CCN3CC2CC2)[C@H]1O5. The highest BCUT2D eigenvalue weighted by Gasteiger charge is 2.72. The van der Waals surface area contributed by atoms with Crippen molar-refractivity contribution in [1.29, 1.82) is 0 Å². The van der Waals surface area contributed by atoms with Crippen molar-refractivity contribution in [3.8, 4) is 11.5 Å². The third kappa shape index (κ3) is 3.95. The number of carbonyl (C=O) groups excluding carboxylic acids is 2. The first-order valence-corrected chi connectivity index (χ1v) is 13.7. The first kappa shape index (κ1) is 26.9. The number of carboxylic acids is 1. The molecule has 1 spiro atoms. The van der Waals surface area contributed by atoms with E-state index in [1.54, 1.807) is 12.1 Å². The van der Waals surface area contributed by atoms with Gasteiger partial charge in [0.25, 0.3) is 0 Å². The molecule has 1 unspecified atom stereocenters. The van der Waals surface area contributed by atoms with E-state index < -0.39 is 53.3 Å². The van der Waals surface area contributed by atoms with Crippen LogP contribution < -0.4 is 15.8 Å². The third-order valence-electron chi connectivity index (χ3n) is 9.23. The summed E-state index contributed by atoms with van der Waals surface area (Å²) in [6, 6.07) is 1.96. The van der Waals surface area contributed by atoms with E-state index in [4.69, 9.17) is 25.1 Å². The number of phenolic OH excluding ortho intramolecular Hbond substituents is 1. The molecule has 2 fully saturated rings. The molecular weight excluding hydrogens is 522 g/mol. The number of ether oxygens (including phenoxy) is 3. The summed E-state index contributed by atoms with van der Waals surface area (Å²) in [6.07, 6.45) is 3.65. The third-order valence-corrected chi connectivity index (χ3v) is 9.23. The van der Waals surface area contributed by atoms with Gasteiger partial charge >= 0.3 is 18.0 Å². The molecule has 2 aliphatic heterocycles. The van der Waals surface area contributed by atoms with Gasteiger partial charge in [-0.25, -0.2) is 9.59 Å². The number of aromatic hydroxyl groups is 1. The van der Waals surface area contributed by atoms with Gasteiger partial charge in [0.05, 0.1) is 11.0 Å². The summed E-state index contributed by atoms with van der Waals surface area (Å²) in [5.41, 5.74) is 3.52. The van der Waals surface area contributed by atoms with Crippen molar-refractivity contribution in [3.63, 3.8) is 0 Å². The predicted octanol–water partition coefficient (Wildman–Crippen LogP) is 0.910. The molecule has 12 nitrogen and oxygen atoms in total. The zero-order valence-corrected chi connectivity index (χ0v) is 22.5. The second-order valence-electron chi connectivity index (χ2n) is 12.2. The van der Waals surface area contributed by atoms with E-state index in [-0.39, 0.29) is 24.0 Å². The number of phenols is 1. The van der Waals surface area contributed by atoms with Crippen LogP contribution in [0.4, 0.5) is 4.79 Å². The first-order valence-electron chi connectivity index (χ1n) is 13.7. The minimum Gasteiger partial charge on any atom is -0.504 e. The average molecular weight is 558 g/mol. The topological polar surface area (TPSA) is 181 Å². The fourth-order valence-electron chi connectivity index (χ4n) is 6.98. The van der Waals surface area contributed by atoms with Gasteiger partial charge in [-0.15, -0.1) is 0 Å². The van der Waals surface area contributed by atoms with Crippen LogP contribution in [0.1, 0.15) is 50.7 Å². The van der Waals surface area contributed by atoms with Gasteiger partial charge in [-0.1, -0.05) is 6.07 Å². The van der Waals surface area contributed by atoms with Crippen molar-refractivity contribution in [3.05, 3.63) is 35.1 Å². The zero-order chi connectivity index (χ0) is 28.6. The summed E-state index contributed by atoms with van der Waals surface area (Å²) in [4.78, 5) is 38.8. The summed E-state index contributed by atoms with van der Waals surface area (Å²) in [5, 5.41) is 34.5. The van der Waals surface area contributed by atoms with Gasteiger partial charge in [0.2, 0.25) is 0 Å². The highest BCUT2D eigenvalue weighted by molar-refractivity contribution is 5.86. The van der Waals surface area contributed by atoms with Crippen LogP contribution in [0.15, 0.2) is 24.0 Å². The summed E-state index contributed by atoms with van der Waals surface area (Å²) in [5.74, 6) is -0.980. The van der Waals surface area contributed by atoms with Gasteiger partial charge in [-0.2, -0.15) is 0 Å². The second kappa shape index (κ2) is 9.08. The Hall–Kier alpha value is -3.35. The number of carbonyl (C=O) groups is 3. The number of aliphatic carboxylic acids is 1. The molecule has 6 rings (SSSR count). The maximum absolute atomic E-state index is 13.3. The Labute approximate surface area is 231 Å². The molecule has 1 aromatic carbocycles. The van der Waals surface area contributed by atoms with Crippen molar-refractivity contribution in [2.75, 3.05) is 19.7 Å². The number of esters is 1. The molecule has 1 amide bonds. The highest BCUT2D eigenvalue weighted by Crippen LogP contribution is 2.65. The number of piperidine rings is 1. The first-order chi connectivity index (χ1) is 18.9. The molecule has 0 aromatic heterocycles. The van der Waals surface area contributed by atoms with Crippen LogP contribution in [0.3, 0.4) is 0 Å². The Bertz CT molecular complexity index is 1310. The number of likely N-dealkylation sites (tertiary alicyclic amines) is 1. The monoisotopic (exact) mass is 557 g/mol. The van der Waals surface area contributed by atoms with Gasteiger partial charge in [0.15, 0.2) is 17.6 Å². The molecule has 2 heterocycles. The normalized spacial score (nSPS) is 30.9. The Morgan fingerprint density at radius 2 is 2.05 bits per heavy atom. The van der Waals surface area contributed by atoms with E-state index in [2.05, 4.69) is 10.2 Å². The van der Waals surface area contributed by atoms with Gasteiger partial charge in [0, 0.05) is 24.6 Å². The zero-order valence-electron chi connectivity index (χ0n) is 22.5. The van der Waals surface area contributed by atoms with E-state index in [0.717, 1.165) is 24.2 Å². The molecule has 1 saturated heterocycles. The van der Waals surface area contributed by atoms with Crippen LogP contribution in [0.25, 0.3) is 0 Å². The quantitative estimate of drug-likeness (QED) is 0.287. The van der Waals surface area contributed by atoms with E-state index in [1.165, 1.54) is 26.7 Å². The van der Waals surface area contributed by atoms with E-state index >= 15 is 0 Å². The molecule has 1 saturated carbocycles. The van der Waals surface area contributed by atoms with Crippen LogP contribution >= 0.6 is 0 Å². The molecule has 6 N–H and O–H groups in total. The van der Waals surface area contributed by atoms with Crippen molar-refractivity contribution >= 4 is 18.0 Å². The smallest absolute Gasteiger partial charge is 0.408 e. The number of nitrogens with zero attached hydrogens (tertiary/aromatic N) is 1. The molecule has 5 aliphatic rings. The minimum atomic E-state index is -1.56. The summed E-state index contributed by atoms with van der Waals surface area (Å²) in [6.45, 7) is 3.96. The van der Waals surface area contributed by atoms with Gasteiger partial charge in [-0.3, -0.25) is 9.69 Å². The maximum Gasteiger partial charge on any atom is 0.408 e. The lowest BCUT2D eigenvalue weighted by molar-refractivity contribution is -0.175. The Morgan fingerprint density at radius 1 is 1.30 bits per heavy atom. The average Bonchev–Trinajstić information content (AvgIpc) is 3.63. The van der Waals surface area contributed by atoms with E-state index in [0.29, 0.717) is 24.5 Å². The molecule has 5 atom stereocenters. The van der Waals surface area contributed by atoms with Crippen LogP contribution in [0.5, 0.6) is 11.5 Å². The van der Waals surface area contributed by atoms with Gasteiger partial charge in [0.1, 0.15) is 23.9 Å². The lowest BCUT2D eigenvalue weighted by Gasteiger charge is -2.62. The number of hydrogen-bond acceptors (Lipinski definition) is 10. The number of amides is 1. The second-order valence-corrected chi connectivity index (χ2v) is 12.2. The van der Waals surface area contributed by atoms with Crippen LogP contribution in [0, 0.1) is 5.92 Å². The number of benzene rings is 1. The standard InChI is InChI=1S/C28H35N3O9/c1-26(2,30-25(36)38-13-16(29)23(33)34)24(35)39-18-7-8-28(37)19-11-15-5-6-17(32)21-20(15)27(28,22(18)40-21)9-10-31(19)12-14-3-4-14/h5-7,14,16,19,22,32,37H,3-4,8-13,29H2,1-2H3,(H,30,36)(H,33,34)/t16?,19-,22+,27+,28-/m1/s1. The Kier molecular flexibility index (Phi) is 6.10. The highest BCUT2D eigenvalue weighted by atomic mass is 16.6. The Morgan fingerprint density at radius 3 is 2.75 bits per heavy atom. The molecule has 1 aromatic rings. The van der Waals surface area contributed by atoms with Crippen LogP contribution in [-0.4, -0.2) is 87.3 Å². The molecule has 3 aliphatic carbocycles. The molecular formula is C28H35N3O9. The number of rotatable bonds is 8. The minimum absolute atomic E-state index is 0.0290. The molecule has 216 valence electrons. The molecule has 12 heteroatoms. The summed E-state index contributed by atoms with van der Waals surface area (Å²) < 4.78 is 17.0. The lowest BCUT2D eigenvalue weighted by atomic mass is 9.50. The number of aliphatic hydroxyl groups is 1. The van der Waals surface area contributed by atoms with Crippen molar-refractivity contribution in [1.82, 2.24) is 10.2 Å². The number of nitrogens with two attached hydrogens (primary N) is 1. The van der Waals surface area contributed by atoms with Crippen LogP contribution in [0.2, 0.25) is 0 Å². The van der Waals surface area contributed by atoms with Crippen molar-refractivity contribution in [2.45, 2.75) is 80.7 Å². The van der Waals surface area contributed by atoms with Gasteiger partial charge < -0.3 is 40.6 Å². The lowest BCUT2D eigenvalue weighted by Crippen LogP contribution is -2.75. The van der Waals surface area contributed by atoms with Crippen molar-refractivity contribution in [2.24, 2.45) is 11.7 Å². The number of carboxylic acid groups (broad SMARTS) is 1. The number of hydrogen-bond donors (Lipinski definition) is 5. The maximum atomic E-state index is 13.3.